The van der Waals surface area contributed by atoms with Gasteiger partial charge in [0.2, 0.25) is 0 Å². The van der Waals surface area contributed by atoms with Crippen LogP contribution in [0.4, 0.5) is 18.9 Å². The number of thiophene rings is 1. The average Bonchev–Trinajstić information content (AvgIpc) is 3.13. The number of alkyl halides is 2. The predicted molar refractivity (Wildman–Crippen MR) is 106 cm³/mol. The minimum atomic E-state index is -3.14. The van der Waals surface area contributed by atoms with Gasteiger partial charge in [-0.1, -0.05) is 12.1 Å². The molecule has 2 aromatic carbocycles. The van der Waals surface area contributed by atoms with Gasteiger partial charge >= 0.3 is 6.61 Å². The number of halogens is 3. The minimum Gasteiger partial charge on any atom is -0.489 e. The van der Waals surface area contributed by atoms with Crippen LogP contribution in [0.3, 0.4) is 0 Å². The van der Waals surface area contributed by atoms with Crippen molar-refractivity contribution in [1.29, 1.82) is 0 Å². The molecule has 1 N–H and O–H groups in total. The van der Waals surface area contributed by atoms with E-state index in [1.165, 1.54) is 17.4 Å². The van der Waals surface area contributed by atoms with Gasteiger partial charge < -0.3 is 14.8 Å². The summed E-state index contributed by atoms with van der Waals surface area (Å²) in [5.41, 5.74) is 2.84. The van der Waals surface area contributed by atoms with Crippen molar-refractivity contribution in [3.05, 3.63) is 75.2 Å². The number of carbonyl (C=O) groups excluding carboxylic acids is 1. The summed E-state index contributed by atoms with van der Waals surface area (Å²) in [6.07, 6.45) is 0. The van der Waals surface area contributed by atoms with E-state index in [1.807, 2.05) is 32.0 Å². The molecule has 0 saturated heterocycles. The smallest absolute Gasteiger partial charge is 0.387 e. The number of rotatable bonds is 7. The first kappa shape index (κ1) is 20.7. The van der Waals surface area contributed by atoms with E-state index >= 15 is 0 Å². The molecule has 1 heterocycles. The molecule has 0 aliphatic heterocycles. The Morgan fingerprint density at radius 1 is 1.10 bits per heavy atom. The van der Waals surface area contributed by atoms with Gasteiger partial charge in [-0.05, 0) is 54.6 Å². The number of carbonyl (C=O) groups is 1. The molecule has 0 saturated carbocycles. The molecule has 0 radical (unpaired) electrons. The highest BCUT2D eigenvalue weighted by Gasteiger charge is 2.16. The highest BCUT2D eigenvalue weighted by molar-refractivity contribution is 7.12. The first-order valence-corrected chi connectivity index (χ1v) is 9.53. The normalized spacial score (nSPS) is 10.8. The summed E-state index contributed by atoms with van der Waals surface area (Å²) in [6.45, 7) is 1.07. The molecule has 0 fully saturated rings. The molecule has 1 amide bonds. The van der Waals surface area contributed by atoms with Crippen LogP contribution in [-0.4, -0.2) is 12.5 Å². The maximum absolute atomic E-state index is 13.3. The highest BCUT2D eigenvalue weighted by Crippen LogP contribution is 2.28. The van der Waals surface area contributed by atoms with Gasteiger partial charge in [-0.15, -0.1) is 11.3 Å². The van der Waals surface area contributed by atoms with Crippen molar-refractivity contribution < 1.29 is 27.4 Å². The SMILES string of the molecule is Cc1ccc(C)c(OCc2csc(C(=O)Nc3ccc(F)cc3OC(F)F)c2)c1. The van der Waals surface area contributed by atoms with Gasteiger partial charge in [-0.2, -0.15) is 8.78 Å². The molecule has 152 valence electrons. The number of benzene rings is 2. The van der Waals surface area contributed by atoms with E-state index in [0.717, 1.165) is 34.6 Å². The van der Waals surface area contributed by atoms with Crippen LogP contribution in [0.1, 0.15) is 26.4 Å². The van der Waals surface area contributed by atoms with E-state index < -0.39 is 24.1 Å². The van der Waals surface area contributed by atoms with E-state index in [2.05, 4.69) is 10.1 Å². The first-order valence-electron chi connectivity index (χ1n) is 8.65. The van der Waals surface area contributed by atoms with Crippen LogP contribution in [0.15, 0.2) is 47.8 Å². The van der Waals surface area contributed by atoms with E-state index in [-0.39, 0.29) is 12.3 Å². The Bertz CT molecular complexity index is 1020. The van der Waals surface area contributed by atoms with Crippen LogP contribution in [0.2, 0.25) is 0 Å². The molecular weight excluding hydrogens is 403 g/mol. The molecule has 3 aromatic rings. The molecule has 3 rings (SSSR count). The van der Waals surface area contributed by atoms with E-state index in [1.54, 1.807) is 11.4 Å². The maximum atomic E-state index is 13.3. The topological polar surface area (TPSA) is 47.6 Å². The van der Waals surface area contributed by atoms with Crippen LogP contribution in [0.25, 0.3) is 0 Å². The molecule has 1 aromatic heterocycles. The lowest BCUT2D eigenvalue weighted by Gasteiger charge is -2.11. The van der Waals surface area contributed by atoms with Crippen molar-refractivity contribution in [2.24, 2.45) is 0 Å². The fourth-order valence-corrected chi connectivity index (χ4v) is 3.36. The Kier molecular flexibility index (Phi) is 6.43. The summed E-state index contributed by atoms with van der Waals surface area (Å²) < 4.78 is 48.4. The van der Waals surface area contributed by atoms with Gasteiger partial charge in [0, 0.05) is 11.6 Å². The molecule has 0 atom stereocenters. The van der Waals surface area contributed by atoms with Crippen LogP contribution in [-0.2, 0) is 6.61 Å². The molecule has 0 spiro atoms. The Morgan fingerprint density at radius 3 is 2.66 bits per heavy atom. The molecule has 8 heteroatoms. The quantitative estimate of drug-likeness (QED) is 0.514. The Morgan fingerprint density at radius 2 is 1.90 bits per heavy atom. The van der Waals surface area contributed by atoms with Gasteiger partial charge in [0.05, 0.1) is 10.6 Å². The van der Waals surface area contributed by atoms with Gasteiger partial charge in [-0.3, -0.25) is 4.79 Å². The predicted octanol–water partition coefficient (Wildman–Crippen LogP) is 5.94. The van der Waals surface area contributed by atoms with Crippen molar-refractivity contribution in [3.8, 4) is 11.5 Å². The molecule has 29 heavy (non-hydrogen) atoms. The molecular formula is C21H18F3NO3S. The molecule has 0 aliphatic rings. The van der Waals surface area contributed by atoms with Gasteiger partial charge in [0.15, 0.2) is 5.75 Å². The Balaban J connectivity index is 1.67. The Labute approximate surface area is 169 Å². The zero-order valence-corrected chi connectivity index (χ0v) is 16.5. The van der Waals surface area contributed by atoms with E-state index in [4.69, 9.17) is 4.74 Å². The third-order valence-electron chi connectivity index (χ3n) is 4.02. The lowest BCUT2D eigenvalue weighted by Crippen LogP contribution is -2.13. The monoisotopic (exact) mass is 421 g/mol. The van der Waals surface area contributed by atoms with Gasteiger partial charge in [0.25, 0.3) is 5.91 Å². The van der Waals surface area contributed by atoms with E-state index in [0.29, 0.717) is 4.88 Å². The molecule has 0 unspecified atom stereocenters. The summed E-state index contributed by atoms with van der Waals surface area (Å²) in [5, 5.41) is 4.25. The molecule has 0 bridgehead atoms. The van der Waals surface area contributed by atoms with Crippen molar-refractivity contribution in [3.63, 3.8) is 0 Å². The zero-order chi connectivity index (χ0) is 21.0. The number of hydrogen-bond acceptors (Lipinski definition) is 4. The maximum Gasteiger partial charge on any atom is 0.387 e. The number of nitrogens with one attached hydrogen (secondary N) is 1. The number of anilines is 1. The summed E-state index contributed by atoms with van der Waals surface area (Å²) in [7, 11) is 0. The first-order chi connectivity index (χ1) is 13.8. The second kappa shape index (κ2) is 9.00. The summed E-state index contributed by atoms with van der Waals surface area (Å²) in [6, 6.07) is 10.6. The van der Waals surface area contributed by atoms with Crippen LogP contribution >= 0.6 is 11.3 Å². The third-order valence-corrected chi connectivity index (χ3v) is 5.00. The second-order valence-corrected chi connectivity index (χ2v) is 7.26. The van der Waals surface area contributed by atoms with Crippen molar-refractivity contribution in [2.45, 2.75) is 27.1 Å². The number of aryl methyl sites for hydroxylation is 2. The number of amides is 1. The number of ether oxygens (including phenoxy) is 2. The minimum absolute atomic E-state index is 0.0433. The second-order valence-electron chi connectivity index (χ2n) is 6.35. The van der Waals surface area contributed by atoms with Crippen molar-refractivity contribution in [1.82, 2.24) is 0 Å². The van der Waals surface area contributed by atoms with Gasteiger partial charge in [-0.25, -0.2) is 4.39 Å². The van der Waals surface area contributed by atoms with Crippen LogP contribution < -0.4 is 14.8 Å². The summed E-state index contributed by atoms with van der Waals surface area (Å²) in [4.78, 5) is 12.8. The lowest BCUT2D eigenvalue weighted by atomic mass is 10.1. The summed E-state index contributed by atoms with van der Waals surface area (Å²) in [5.74, 6) is -0.940. The average molecular weight is 421 g/mol. The third kappa shape index (κ3) is 5.51. The van der Waals surface area contributed by atoms with Crippen molar-refractivity contribution >= 4 is 22.9 Å². The summed E-state index contributed by atoms with van der Waals surface area (Å²) >= 11 is 1.19. The Hall–Kier alpha value is -3.00. The van der Waals surface area contributed by atoms with Crippen LogP contribution in [0.5, 0.6) is 11.5 Å². The zero-order valence-electron chi connectivity index (χ0n) is 15.7. The van der Waals surface area contributed by atoms with Crippen molar-refractivity contribution in [2.75, 3.05) is 5.32 Å². The fraction of sp³-hybridized carbons (Fsp3) is 0.190. The highest BCUT2D eigenvalue weighted by atomic mass is 32.1. The lowest BCUT2D eigenvalue weighted by molar-refractivity contribution is -0.0495. The standard InChI is InChI=1S/C21H18F3NO3S/c1-12-3-4-13(2)17(7-12)27-10-14-8-19(29-11-14)20(26)25-16-6-5-15(22)9-18(16)28-21(23)24/h3-9,11,21H,10H2,1-2H3,(H,25,26). The van der Waals surface area contributed by atoms with Gasteiger partial charge in [0.1, 0.15) is 18.2 Å². The fourth-order valence-electron chi connectivity index (χ4n) is 2.57. The largest absolute Gasteiger partial charge is 0.489 e. The number of hydrogen-bond donors (Lipinski definition) is 1. The molecule has 4 nitrogen and oxygen atoms in total. The molecule has 0 aliphatic carbocycles. The van der Waals surface area contributed by atoms with E-state index in [9.17, 15) is 18.0 Å². The van der Waals surface area contributed by atoms with Crippen LogP contribution in [0, 0.1) is 19.7 Å².